The Hall–Kier alpha value is -4.45. The van der Waals surface area contributed by atoms with E-state index >= 15 is 0 Å². The van der Waals surface area contributed by atoms with Crippen molar-refractivity contribution < 1.29 is 22.7 Å². The molecule has 12 heteroatoms. The van der Waals surface area contributed by atoms with Crippen molar-refractivity contribution in [1.82, 2.24) is 25.4 Å². The van der Waals surface area contributed by atoms with Crippen LogP contribution in [-0.2, 0) is 10.0 Å². The maximum absolute atomic E-state index is 12.9. The van der Waals surface area contributed by atoms with Gasteiger partial charge < -0.3 is 4.74 Å². The molecule has 4 rings (SSSR count). The minimum atomic E-state index is -4.02. The molecule has 0 aliphatic carbocycles. The van der Waals surface area contributed by atoms with Gasteiger partial charge in [0.15, 0.2) is 5.65 Å². The van der Waals surface area contributed by atoms with Crippen LogP contribution in [0.4, 0.5) is 5.69 Å². The van der Waals surface area contributed by atoms with Gasteiger partial charge in [-0.2, -0.15) is 5.10 Å². The Morgan fingerprint density at radius 2 is 1.71 bits per heavy atom. The predicted octanol–water partition coefficient (Wildman–Crippen LogP) is 2.23. The number of benzene rings is 2. The Labute approximate surface area is 201 Å². The number of rotatable bonds is 6. The Bertz CT molecular complexity index is 1550. The highest BCUT2D eigenvalue weighted by atomic mass is 32.2. The van der Waals surface area contributed by atoms with Crippen LogP contribution in [0.25, 0.3) is 5.65 Å². The number of amides is 2. The van der Waals surface area contributed by atoms with E-state index in [0.717, 1.165) is 5.69 Å². The second-order valence-corrected chi connectivity index (χ2v) is 9.26. The number of ether oxygens (including phenoxy) is 1. The summed E-state index contributed by atoms with van der Waals surface area (Å²) >= 11 is 0. The summed E-state index contributed by atoms with van der Waals surface area (Å²) in [7, 11) is -2.59. The van der Waals surface area contributed by atoms with E-state index in [-0.39, 0.29) is 21.7 Å². The van der Waals surface area contributed by atoms with Gasteiger partial charge in [0.05, 0.1) is 23.9 Å². The third-order valence-electron chi connectivity index (χ3n) is 5.07. The van der Waals surface area contributed by atoms with Crippen molar-refractivity contribution >= 4 is 33.2 Å². The van der Waals surface area contributed by atoms with Crippen LogP contribution in [0, 0.1) is 13.8 Å². The molecule has 3 N–H and O–H groups in total. The first-order chi connectivity index (χ1) is 16.7. The lowest BCUT2D eigenvalue weighted by Gasteiger charge is -2.12. The first-order valence-corrected chi connectivity index (χ1v) is 11.9. The van der Waals surface area contributed by atoms with Crippen LogP contribution < -0.4 is 20.3 Å². The summed E-state index contributed by atoms with van der Waals surface area (Å²) in [6, 6.07) is 13.8. The van der Waals surface area contributed by atoms with Gasteiger partial charge in [0, 0.05) is 17.0 Å². The first kappa shape index (κ1) is 23.7. The molecular weight excluding hydrogens is 472 g/mol. The number of hydrogen-bond acceptors (Lipinski definition) is 7. The Balaban J connectivity index is 1.49. The molecule has 2 aromatic carbocycles. The van der Waals surface area contributed by atoms with Gasteiger partial charge in [0.2, 0.25) is 0 Å². The molecule has 2 heterocycles. The summed E-state index contributed by atoms with van der Waals surface area (Å²) in [4.78, 5) is 29.5. The highest BCUT2D eigenvalue weighted by Gasteiger charge is 2.20. The van der Waals surface area contributed by atoms with Gasteiger partial charge in [0.25, 0.3) is 21.8 Å². The monoisotopic (exact) mass is 494 g/mol. The highest BCUT2D eigenvalue weighted by molar-refractivity contribution is 7.92. The van der Waals surface area contributed by atoms with Crippen molar-refractivity contribution in [3.05, 3.63) is 83.3 Å². The van der Waals surface area contributed by atoms with Crippen molar-refractivity contribution in [2.75, 3.05) is 11.8 Å². The number of nitrogens with one attached hydrogen (secondary N) is 3. The zero-order chi connectivity index (χ0) is 25.2. The van der Waals surface area contributed by atoms with Gasteiger partial charge in [-0.05, 0) is 50.2 Å². The summed E-state index contributed by atoms with van der Waals surface area (Å²) in [5.41, 5.74) is 6.93. The number of hydrazine groups is 1. The maximum atomic E-state index is 12.9. The van der Waals surface area contributed by atoms with Gasteiger partial charge in [-0.25, -0.2) is 17.9 Å². The maximum Gasteiger partial charge on any atom is 0.275 e. The smallest absolute Gasteiger partial charge is 0.275 e. The number of sulfonamides is 1. The summed E-state index contributed by atoms with van der Waals surface area (Å²) in [5.74, 6) is -0.975. The van der Waals surface area contributed by atoms with Gasteiger partial charge in [-0.3, -0.25) is 25.2 Å². The average Bonchev–Trinajstić information content (AvgIpc) is 3.27. The molecule has 11 nitrogen and oxygen atoms in total. The summed E-state index contributed by atoms with van der Waals surface area (Å²) < 4.78 is 34.9. The second-order valence-electron chi connectivity index (χ2n) is 7.57. The number of hydrogen-bond donors (Lipinski definition) is 3. The topological polar surface area (TPSA) is 144 Å². The lowest BCUT2D eigenvalue weighted by molar-refractivity contribution is 0.0847. The molecule has 0 fully saturated rings. The van der Waals surface area contributed by atoms with Crippen molar-refractivity contribution in [3.8, 4) is 5.75 Å². The quantitative estimate of drug-likeness (QED) is 0.349. The summed E-state index contributed by atoms with van der Waals surface area (Å²) in [6.07, 6.45) is 1.35. The Morgan fingerprint density at radius 3 is 2.49 bits per heavy atom. The van der Waals surface area contributed by atoms with Crippen molar-refractivity contribution in [2.45, 2.75) is 18.7 Å². The van der Waals surface area contributed by atoms with E-state index in [1.165, 1.54) is 42.1 Å². The molecule has 0 aliphatic heterocycles. The minimum Gasteiger partial charge on any atom is -0.495 e. The molecule has 0 bridgehead atoms. The molecule has 2 amide bonds. The van der Waals surface area contributed by atoms with Crippen LogP contribution in [0.1, 0.15) is 32.1 Å². The van der Waals surface area contributed by atoms with E-state index in [1.807, 2.05) is 13.0 Å². The van der Waals surface area contributed by atoms with Gasteiger partial charge >= 0.3 is 0 Å². The molecule has 0 atom stereocenters. The molecule has 0 saturated heterocycles. The zero-order valence-corrected chi connectivity index (χ0v) is 19.9. The number of para-hydroxylation sites is 2. The number of aryl methyl sites for hydroxylation is 2. The fourth-order valence-electron chi connectivity index (χ4n) is 3.42. The number of fused-ring (bicyclic) bond motifs is 1. The fourth-order valence-corrected chi connectivity index (χ4v) is 4.54. The molecule has 35 heavy (non-hydrogen) atoms. The Kier molecular flexibility index (Phi) is 6.38. The molecule has 0 aliphatic rings. The molecule has 0 radical (unpaired) electrons. The Morgan fingerprint density at radius 1 is 0.971 bits per heavy atom. The minimum absolute atomic E-state index is 0.0258. The largest absolute Gasteiger partial charge is 0.495 e. The average molecular weight is 495 g/mol. The van der Waals surface area contributed by atoms with E-state index in [1.54, 1.807) is 31.2 Å². The molecule has 4 aromatic rings. The van der Waals surface area contributed by atoms with E-state index in [0.29, 0.717) is 17.1 Å². The molecule has 2 aromatic heterocycles. The first-order valence-electron chi connectivity index (χ1n) is 10.4. The third kappa shape index (κ3) is 4.92. The van der Waals surface area contributed by atoms with E-state index in [2.05, 4.69) is 25.7 Å². The number of carbonyl (C=O) groups is 2. The van der Waals surface area contributed by atoms with Crippen LogP contribution in [0.5, 0.6) is 5.75 Å². The summed E-state index contributed by atoms with van der Waals surface area (Å²) in [6.45, 7) is 3.63. The lowest BCUT2D eigenvalue weighted by atomic mass is 10.2. The molecule has 180 valence electrons. The van der Waals surface area contributed by atoms with E-state index < -0.39 is 21.8 Å². The number of anilines is 1. The standard InChI is InChI=1S/C23H22N6O5S/c1-14-11-15(2)29-21(25-14)18(13-24-29)23(31)27-26-22(30)16-7-6-8-17(12-16)35(32,33)28-19-9-4-5-10-20(19)34-3/h4-13,28H,1-3H3,(H,26,30)(H,27,31). The van der Waals surface area contributed by atoms with Gasteiger partial charge in [-0.1, -0.05) is 18.2 Å². The van der Waals surface area contributed by atoms with Gasteiger partial charge in [0.1, 0.15) is 11.3 Å². The van der Waals surface area contributed by atoms with Crippen molar-refractivity contribution in [3.63, 3.8) is 0 Å². The number of nitrogens with zero attached hydrogens (tertiary/aromatic N) is 3. The van der Waals surface area contributed by atoms with Crippen LogP contribution in [-0.4, -0.2) is 41.9 Å². The molecule has 0 saturated carbocycles. The molecule has 0 unspecified atom stereocenters. The van der Waals surface area contributed by atoms with Crippen LogP contribution >= 0.6 is 0 Å². The number of methoxy groups -OCH3 is 1. The normalized spacial score (nSPS) is 11.2. The number of aromatic nitrogens is 3. The molecular formula is C23H22N6O5S. The second kappa shape index (κ2) is 9.43. The van der Waals surface area contributed by atoms with E-state index in [4.69, 9.17) is 4.74 Å². The number of carbonyl (C=O) groups excluding carboxylic acids is 2. The van der Waals surface area contributed by atoms with Crippen LogP contribution in [0.15, 0.2) is 65.7 Å². The fraction of sp³-hybridized carbons (Fsp3) is 0.130. The molecule has 0 spiro atoms. The summed E-state index contributed by atoms with van der Waals surface area (Å²) in [5, 5.41) is 4.15. The van der Waals surface area contributed by atoms with Gasteiger partial charge in [-0.15, -0.1) is 0 Å². The van der Waals surface area contributed by atoms with Crippen LogP contribution in [0.3, 0.4) is 0 Å². The van der Waals surface area contributed by atoms with Crippen molar-refractivity contribution in [1.29, 1.82) is 0 Å². The third-order valence-corrected chi connectivity index (χ3v) is 6.43. The van der Waals surface area contributed by atoms with Crippen LogP contribution in [0.2, 0.25) is 0 Å². The zero-order valence-electron chi connectivity index (χ0n) is 19.1. The lowest BCUT2D eigenvalue weighted by Crippen LogP contribution is -2.41. The predicted molar refractivity (Wildman–Crippen MR) is 128 cm³/mol. The van der Waals surface area contributed by atoms with Crippen molar-refractivity contribution in [2.24, 2.45) is 0 Å². The highest BCUT2D eigenvalue weighted by Crippen LogP contribution is 2.26. The van der Waals surface area contributed by atoms with E-state index in [9.17, 15) is 18.0 Å². The SMILES string of the molecule is COc1ccccc1NS(=O)(=O)c1cccc(C(=O)NNC(=O)c2cnn3c(C)cc(C)nc23)c1.